The molecule has 0 saturated carbocycles. The fourth-order valence-electron chi connectivity index (χ4n) is 3.69. The molecule has 0 spiro atoms. The van der Waals surface area contributed by atoms with Crippen molar-refractivity contribution in [1.29, 1.82) is 0 Å². The molecular formula is C22H44O21. The van der Waals surface area contributed by atoms with Gasteiger partial charge >= 0.3 is 0 Å². The van der Waals surface area contributed by atoms with Gasteiger partial charge in [0.25, 0.3) is 0 Å². The van der Waals surface area contributed by atoms with E-state index in [0.717, 1.165) is 0 Å². The van der Waals surface area contributed by atoms with Crippen molar-refractivity contribution in [2.75, 3.05) is 19.8 Å². The third kappa shape index (κ3) is 11.2. The molecule has 4 fully saturated rings. The average molecular weight is 645 g/mol. The topological polar surface area (TPSA) is 381 Å². The minimum absolute atomic E-state index is 0.153. The van der Waals surface area contributed by atoms with Crippen LogP contribution in [0.2, 0.25) is 0 Å². The van der Waals surface area contributed by atoms with Crippen LogP contribution in [0.1, 0.15) is 6.92 Å². The number of aliphatic hydroxyl groups excluding tert-OH is 17. The Balaban J connectivity index is 0.000000287. The molecule has 4 rings (SSSR count). The first kappa shape index (κ1) is 40.2. The quantitative estimate of drug-likeness (QED) is 0.126. The molecule has 18 unspecified atom stereocenters. The molecule has 0 bridgehead atoms. The molecule has 21 nitrogen and oxygen atoms in total. The van der Waals surface area contributed by atoms with E-state index in [0.29, 0.717) is 0 Å². The van der Waals surface area contributed by atoms with Crippen molar-refractivity contribution in [3.05, 3.63) is 0 Å². The zero-order chi connectivity index (χ0) is 33.3. The molecule has 4 aliphatic rings. The van der Waals surface area contributed by atoms with Gasteiger partial charge < -0.3 is 106 Å². The summed E-state index contributed by atoms with van der Waals surface area (Å²) >= 11 is 0. The third-order valence-electron chi connectivity index (χ3n) is 6.64. The monoisotopic (exact) mass is 644 g/mol. The van der Waals surface area contributed by atoms with E-state index in [1.807, 2.05) is 0 Å². The second-order valence-corrected chi connectivity index (χ2v) is 9.97. The highest BCUT2D eigenvalue weighted by atomic mass is 16.7. The Morgan fingerprint density at radius 3 is 1.14 bits per heavy atom. The highest BCUT2D eigenvalue weighted by Gasteiger charge is 2.43. The highest BCUT2D eigenvalue weighted by molar-refractivity contribution is 4.88. The molecule has 258 valence electrons. The minimum atomic E-state index is -1.57. The van der Waals surface area contributed by atoms with Crippen LogP contribution in [0, 0.1) is 0 Å². The Labute approximate surface area is 243 Å². The maximum absolute atomic E-state index is 9.12. The molecule has 4 aliphatic heterocycles. The van der Waals surface area contributed by atoms with Gasteiger partial charge in [0.15, 0.2) is 25.2 Å². The van der Waals surface area contributed by atoms with Gasteiger partial charge in [0.05, 0.1) is 25.9 Å². The lowest BCUT2D eigenvalue weighted by atomic mass is 10.00. The van der Waals surface area contributed by atoms with Gasteiger partial charge in [-0.1, -0.05) is 0 Å². The van der Waals surface area contributed by atoms with Crippen LogP contribution in [0.4, 0.5) is 0 Å². The van der Waals surface area contributed by atoms with E-state index in [1.54, 1.807) is 0 Å². The molecule has 18 atom stereocenters. The van der Waals surface area contributed by atoms with Gasteiger partial charge in [0.1, 0.15) is 79.4 Å². The smallest absolute Gasteiger partial charge is 0.184 e. The molecule has 0 radical (unpaired) electrons. The maximum Gasteiger partial charge on any atom is 0.184 e. The number of rotatable bonds is 1. The van der Waals surface area contributed by atoms with Gasteiger partial charge in [-0.25, -0.2) is 0 Å². The SMILES string of the molecule is CC1OC(O)C(O)C(O)C1O.OC1COC(O)C(O)C1O.OC1COC(O)C(O)C1O.OCC1OC(O)C(O)C(O)C1O. The van der Waals surface area contributed by atoms with E-state index >= 15 is 0 Å². The molecule has 0 aromatic carbocycles. The fraction of sp³-hybridized carbons (Fsp3) is 1.00. The molecule has 4 heterocycles. The largest absolute Gasteiger partial charge is 0.394 e. The summed E-state index contributed by atoms with van der Waals surface area (Å²) in [6, 6.07) is 0. The summed E-state index contributed by atoms with van der Waals surface area (Å²) in [5, 5.41) is 151. The van der Waals surface area contributed by atoms with E-state index in [2.05, 4.69) is 18.9 Å². The van der Waals surface area contributed by atoms with Gasteiger partial charge in [-0.3, -0.25) is 0 Å². The van der Waals surface area contributed by atoms with Gasteiger partial charge in [0, 0.05) is 0 Å². The van der Waals surface area contributed by atoms with Crippen LogP contribution in [0.5, 0.6) is 0 Å². The van der Waals surface area contributed by atoms with Gasteiger partial charge in [-0.05, 0) is 6.92 Å². The number of aliphatic hydroxyl groups is 17. The Morgan fingerprint density at radius 2 is 0.767 bits per heavy atom. The van der Waals surface area contributed by atoms with Crippen LogP contribution < -0.4 is 0 Å². The van der Waals surface area contributed by atoms with Crippen molar-refractivity contribution in [3.8, 4) is 0 Å². The first-order valence-corrected chi connectivity index (χ1v) is 12.9. The minimum Gasteiger partial charge on any atom is -0.394 e. The Kier molecular flexibility index (Phi) is 17.1. The summed E-state index contributed by atoms with van der Waals surface area (Å²) in [5.74, 6) is 0. The van der Waals surface area contributed by atoms with E-state index in [-0.39, 0.29) is 13.2 Å². The predicted octanol–water partition coefficient (Wildman–Crippen LogP) is -10.6. The fourth-order valence-corrected chi connectivity index (χ4v) is 3.69. The lowest BCUT2D eigenvalue weighted by Crippen LogP contribution is -2.58. The summed E-state index contributed by atoms with van der Waals surface area (Å²) in [7, 11) is 0. The van der Waals surface area contributed by atoms with Crippen LogP contribution >= 0.6 is 0 Å². The van der Waals surface area contributed by atoms with Crippen molar-refractivity contribution in [2.24, 2.45) is 0 Å². The molecule has 4 saturated heterocycles. The summed E-state index contributed by atoms with van der Waals surface area (Å²) in [4.78, 5) is 0. The van der Waals surface area contributed by atoms with Gasteiger partial charge in [-0.15, -0.1) is 0 Å². The first-order chi connectivity index (χ1) is 19.9. The van der Waals surface area contributed by atoms with E-state index < -0.39 is 117 Å². The second kappa shape index (κ2) is 18.3. The standard InChI is InChI=1S/C6H12O6.C6H12O5.2C5H10O5/c7-1-2-3(8)4(9)5(10)6(11)12-2;1-2-3(7)4(8)5(9)6(10)11-2;2*6-2-1-10-5(9)4(8)3(2)7/h2-11H,1H2;2-10H,1H3;2*2-9H,1H2. The number of hydrogen-bond acceptors (Lipinski definition) is 21. The van der Waals surface area contributed by atoms with Crippen molar-refractivity contribution in [3.63, 3.8) is 0 Å². The Morgan fingerprint density at radius 1 is 0.419 bits per heavy atom. The molecule has 0 aliphatic carbocycles. The van der Waals surface area contributed by atoms with E-state index in [4.69, 9.17) is 86.8 Å². The number of ether oxygens (including phenoxy) is 4. The van der Waals surface area contributed by atoms with Crippen molar-refractivity contribution in [2.45, 2.75) is 118 Å². The normalized spacial score (nSPS) is 50.1. The van der Waals surface area contributed by atoms with Crippen molar-refractivity contribution >= 4 is 0 Å². The third-order valence-corrected chi connectivity index (χ3v) is 6.64. The van der Waals surface area contributed by atoms with Crippen LogP contribution in [0.15, 0.2) is 0 Å². The van der Waals surface area contributed by atoms with Crippen molar-refractivity contribution in [1.82, 2.24) is 0 Å². The molecule has 0 aromatic rings. The van der Waals surface area contributed by atoms with Crippen LogP contribution in [-0.2, 0) is 18.9 Å². The molecule has 0 aromatic heterocycles. The Hall–Kier alpha value is -0.840. The molecule has 43 heavy (non-hydrogen) atoms. The molecule has 17 N–H and O–H groups in total. The maximum atomic E-state index is 9.12. The van der Waals surface area contributed by atoms with Gasteiger partial charge in [0.2, 0.25) is 0 Å². The molecular weight excluding hydrogens is 600 g/mol. The zero-order valence-corrected chi connectivity index (χ0v) is 22.7. The van der Waals surface area contributed by atoms with Crippen LogP contribution in [0.3, 0.4) is 0 Å². The van der Waals surface area contributed by atoms with Crippen LogP contribution in [-0.4, -0.2) is 217 Å². The first-order valence-electron chi connectivity index (χ1n) is 12.9. The van der Waals surface area contributed by atoms with Crippen molar-refractivity contribution < 1.29 is 106 Å². The van der Waals surface area contributed by atoms with E-state index in [9.17, 15) is 0 Å². The zero-order valence-electron chi connectivity index (χ0n) is 22.7. The number of hydrogen-bond donors (Lipinski definition) is 17. The summed E-state index contributed by atoms with van der Waals surface area (Å²) in [6.07, 6.45) is -23.5. The lowest BCUT2D eigenvalue weighted by Gasteiger charge is -2.37. The Bertz CT molecular complexity index is 692. The second-order valence-electron chi connectivity index (χ2n) is 9.97. The molecule has 0 amide bonds. The summed E-state index contributed by atoms with van der Waals surface area (Å²) in [5.41, 5.74) is 0. The van der Waals surface area contributed by atoms with E-state index in [1.165, 1.54) is 6.92 Å². The highest BCUT2D eigenvalue weighted by Crippen LogP contribution is 2.20. The summed E-state index contributed by atoms with van der Waals surface area (Å²) in [6.45, 7) is 0.670. The predicted molar refractivity (Wildman–Crippen MR) is 131 cm³/mol. The molecule has 21 heteroatoms. The average Bonchev–Trinajstić information content (AvgIpc) is 2.98. The summed E-state index contributed by atoms with van der Waals surface area (Å²) < 4.78 is 18.2. The lowest BCUT2D eigenvalue weighted by molar-refractivity contribution is -0.286. The van der Waals surface area contributed by atoms with Crippen LogP contribution in [0.25, 0.3) is 0 Å². The van der Waals surface area contributed by atoms with Gasteiger partial charge in [-0.2, -0.15) is 0 Å².